The Hall–Kier alpha value is -8.74. The summed E-state index contributed by atoms with van der Waals surface area (Å²) in [5.41, 5.74) is 1.89. The lowest BCUT2D eigenvalue weighted by atomic mass is 9.82. The Balaban J connectivity index is 0.916. The van der Waals surface area contributed by atoms with Gasteiger partial charge in [0.05, 0.1) is 89.2 Å². The molecule has 2 fully saturated rings. The summed E-state index contributed by atoms with van der Waals surface area (Å²) in [6.45, 7) is 18.7. The van der Waals surface area contributed by atoms with Crippen molar-refractivity contribution in [1.82, 2.24) is 0 Å². The number of thioether (sulfide) groups is 2. The summed E-state index contributed by atoms with van der Waals surface area (Å²) in [5.74, 6) is -6.75. The van der Waals surface area contributed by atoms with E-state index in [-0.39, 0.29) is 69.3 Å². The van der Waals surface area contributed by atoms with Crippen molar-refractivity contribution in [2.24, 2.45) is 23.7 Å². The van der Waals surface area contributed by atoms with E-state index in [4.69, 9.17) is 53.9 Å². The first-order valence-corrected chi connectivity index (χ1v) is 29.8. The molecule has 2 atom stereocenters. The zero-order chi connectivity index (χ0) is 63.0. The predicted octanol–water partition coefficient (Wildman–Crippen LogP) is 9.49. The van der Waals surface area contributed by atoms with Gasteiger partial charge in [0.25, 0.3) is 5.70 Å². The van der Waals surface area contributed by atoms with Gasteiger partial charge >= 0.3 is 59.7 Å². The summed E-state index contributed by atoms with van der Waals surface area (Å²) in [5, 5.41) is 9.76. The lowest BCUT2D eigenvalue weighted by molar-refractivity contribution is -0.157. The molecule has 1 aliphatic heterocycles. The average molecular weight is 1240 g/mol. The number of fused-ring (bicyclic) bond motifs is 1. The number of nitriles is 1. The number of ether oxygens (including phenoxy) is 10. The molecule has 2 aliphatic carbocycles. The van der Waals surface area contributed by atoms with Crippen LogP contribution >= 0.6 is 23.5 Å². The van der Waals surface area contributed by atoms with E-state index in [0.717, 1.165) is 46.8 Å². The minimum absolute atomic E-state index is 0.0482. The Morgan fingerprint density at radius 3 is 1.45 bits per heavy atom. The van der Waals surface area contributed by atoms with E-state index in [2.05, 4.69) is 18.0 Å². The second-order valence-corrected chi connectivity index (χ2v) is 22.8. The molecule has 0 bridgehead atoms. The van der Waals surface area contributed by atoms with Crippen LogP contribution < -0.4 is 18.9 Å². The van der Waals surface area contributed by atoms with Crippen molar-refractivity contribution in [3.63, 3.8) is 0 Å². The maximum Gasteiger partial charge on any atom is 0.330 e. The number of carbonyl (C=O) groups excluding carboxylic acids is 10. The normalized spacial score (nSPS) is 17.9. The van der Waals surface area contributed by atoms with Crippen LogP contribution in [0, 0.1) is 48.5 Å². The minimum atomic E-state index is -0.699. The van der Waals surface area contributed by atoms with E-state index in [1.807, 2.05) is 6.07 Å². The lowest BCUT2D eigenvalue weighted by Crippen LogP contribution is -2.31. The summed E-state index contributed by atoms with van der Waals surface area (Å²) in [6.07, 6.45) is 3.34. The molecule has 2 unspecified atom stereocenters. The Kier molecular flexibility index (Phi) is 26.2. The highest BCUT2D eigenvalue weighted by molar-refractivity contribution is 8.24. The summed E-state index contributed by atoms with van der Waals surface area (Å²) < 4.78 is 54.1. The van der Waals surface area contributed by atoms with Crippen LogP contribution in [0.4, 0.5) is 0 Å². The van der Waals surface area contributed by atoms with Gasteiger partial charge in [-0.05, 0) is 119 Å². The number of allylic oxidation sites excluding steroid dienone is 1. The Labute approximate surface area is 511 Å². The molecular weight excluding hydrogens is 1170 g/mol. The number of carbonyl (C=O) groups is 10. The lowest BCUT2D eigenvalue weighted by Gasteiger charge is -2.27. The molecule has 1 heterocycles. The second-order valence-electron chi connectivity index (χ2n) is 20.5. The monoisotopic (exact) mass is 1230 g/mol. The number of hydrogen-bond acceptors (Lipinski definition) is 23. The topological polar surface area (TPSA) is 291 Å². The largest absolute Gasteiger partial charge is 0.465 e. The molecule has 0 radical (unpaired) electrons. The first-order valence-electron chi connectivity index (χ1n) is 28.1. The van der Waals surface area contributed by atoms with Crippen molar-refractivity contribution >= 4 is 83.2 Å². The number of hydrogen-bond donors (Lipinski definition) is 0. The second kappa shape index (κ2) is 33.8. The van der Waals surface area contributed by atoms with Crippen LogP contribution in [-0.4, -0.2) is 98.3 Å². The maximum absolute atomic E-state index is 13.8. The molecular formula is C63H66N2O20S2. The van der Waals surface area contributed by atoms with Crippen LogP contribution in [0.25, 0.3) is 4.85 Å². The standard InChI is InChI=1S/C63H66N2O20S2/c1-7-50(66)78-35-39(5)81-55(71)28-27-53(69)77-32-30-41-11-23-46(24-12-41)82-59(72)42-13-17-44(18-14-42)61(74)84-49-33-37(3)56(58-57(49)86-63(87-58)48(34-64)65-6)85-62(75)45-19-15-43(16-20-45)60(73)83-47-21-9-40(10-22-47)29-31-76-52(68)25-26-54(70)79-36-38(4)80-51(67)8-2/h7-12,21-24,33,38-39,42-45H,1-2,13-20,25-32,35-36H2,3-5H3/b63-48-. The quantitative estimate of drug-likeness (QED) is 0.0163. The Morgan fingerprint density at radius 1 is 0.575 bits per heavy atom. The van der Waals surface area contributed by atoms with Gasteiger partial charge in [0.15, 0.2) is 0 Å². The van der Waals surface area contributed by atoms with Gasteiger partial charge < -0.3 is 47.4 Å². The summed E-state index contributed by atoms with van der Waals surface area (Å²) >= 11 is 2.13. The number of rotatable bonds is 28. The molecule has 0 N–H and O–H groups in total. The van der Waals surface area contributed by atoms with E-state index < -0.39 is 95.6 Å². The molecule has 0 aromatic heterocycles. The highest BCUT2D eigenvalue weighted by Gasteiger charge is 2.37. The van der Waals surface area contributed by atoms with Crippen LogP contribution in [0.2, 0.25) is 0 Å². The summed E-state index contributed by atoms with van der Waals surface area (Å²) in [7, 11) is 0. The van der Waals surface area contributed by atoms with Gasteiger partial charge in [-0.15, -0.1) is 0 Å². The van der Waals surface area contributed by atoms with Gasteiger partial charge in [0.2, 0.25) is 0 Å². The van der Waals surface area contributed by atoms with Gasteiger partial charge in [0, 0.05) is 25.0 Å². The molecule has 460 valence electrons. The highest BCUT2D eigenvalue weighted by Crippen LogP contribution is 2.60. The van der Waals surface area contributed by atoms with E-state index in [1.165, 1.54) is 0 Å². The fourth-order valence-electron chi connectivity index (χ4n) is 9.14. The van der Waals surface area contributed by atoms with Gasteiger partial charge in [0.1, 0.15) is 48.4 Å². The molecule has 3 aromatic rings. The van der Waals surface area contributed by atoms with Crippen molar-refractivity contribution < 1.29 is 95.3 Å². The smallest absolute Gasteiger partial charge is 0.330 e. The Bertz CT molecular complexity index is 3170. The van der Waals surface area contributed by atoms with Gasteiger partial charge in [-0.1, -0.05) is 60.9 Å². The van der Waals surface area contributed by atoms with E-state index in [9.17, 15) is 53.2 Å². The fraction of sp³-hybridized carbons (Fsp3) is 0.429. The number of aryl methyl sites for hydroxylation is 1. The fourth-order valence-corrected chi connectivity index (χ4v) is 11.7. The number of esters is 10. The minimum Gasteiger partial charge on any atom is -0.465 e. The third kappa shape index (κ3) is 21.3. The van der Waals surface area contributed by atoms with Crippen molar-refractivity contribution in [2.75, 3.05) is 26.4 Å². The molecule has 22 nitrogen and oxygen atoms in total. The van der Waals surface area contributed by atoms with Crippen LogP contribution in [0.1, 0.15) is 108 Å². The van der Waals surface area contributed by atoms with Crippen LogP contribution in [-0.2, 0) is 89.2 Å². The van der Waals surface area contributed by atoms with E-state index in [1.54, 1.807) is 75.4 Å². The van der Waals surface area contributed by atoms with Gasteiger partial charge in [-0.25, -0.2) is 19.7 Å². The molecule has 6 rings (SSSR count). The molecule has 3 aromatic carbocycles. The highest BCUT2D eigenvalue weighted by atomic mass is 32.2. The summed E-state index contributed by atoms with van der Waals surface area (Å²) in [4.78, 5) is 129. The van der Waals surface area contributed by atoms with Gasteiger partial charge in [-0.2, -0.15) is 0 Å². The van der Waals surface area contributed by atoms with E-state index in [0.29, 0.717) is 95.3 Å². The van der Waals surface area contributed by atoms with Crippen molar-refractivity contribution in [1.29, 1.82) is 5.26 Å². The van der Waals surface area contributed by atoms with Crippen LogP contribution in [0.5, 0.6) is 23.0 Å². The molecule has 0 saturated heterocycles. The first kappa shape index (κ1) is 67.4. The van der Waals surface area contributed by atoms with Gasteiger partial charge in [-0.3, -0.25) is 38.4 Å². The third-order valence-electron chi connectivity index (χ3n) is 13.9. The van der Waals surface area contributed by atoms with E-state index >= 15 is 0 Å². The SMILES string of the molecule is [C-]#[N+]/C(C#N)=C1/Sc2c(OC(=O)C3CCC(C(=O)Oc4ccc(CCOC(=O)CCC(=O)OC(C)COC(=O)C=C)cc4)CC3)cc(C)c(OC(=O)C3CCC(C(=O)Oc4ccc(CCOC(=O)CCC(=O)OCC(C)OC(=O)C=C)cc4)CC3)c2S1. The maximum atomic E-state index is 13.8. The molecule has 2 saturated carbocycles. The number of nitrogens with zero attached hydrogens (tertiary/aromatic N) is 2. The van der Waals surface area contributed by atoms with Crippen LogP contribution in [0.3, 0.4) is 0 Å². The first-order chi connectivity index (χ1) is 41.7. The Morgan fingerprint density at radius 2 is 0.989 bits per heavy atom. The molecule has 0 spiro atoms. The average Bonchev–Trinajstić information content (AvgIpc) is 2.27. The molecule has 87 heavy (non-hydrogen) atoms. The third-order valence-corrected chi connectivity index (χ3v) is 16.5. The molecule has 3 aliphatic rings. The molecule has 24 heteroatoms. The van der Waals surface area contributed by atoms with Crippen molar-refractivity contribution in [2.45, 2.75) is 133 Å². The zero-order valence-corrected chi connectivity index (χ0v) is 50.0. The predicted molar refractivity (Wildman–Crippen MR) is 310 cm³/mol. The molecule has 0 amide bonds. The number of benzene rings is 3. The zero-order valence-electron chi connectivity index (χ0n) is 48.3. The van der Waals surface area contributed by atoms with Crippen molar-refractivity contribution in [3.05, 3.63) is 118 Å². The van der Waals surface area contributed by atoms with Crippen LogP contribution in [0.15, 0.2) is 99.6 Å². The summed E-state index contributed by atoms with van der Waals surface area (Å²) in [6, 6.07) is 16.9. The van der Waals surface area contributed by atoms with Crippen molar-refractivity contribution in [3.8, 4) is 29.1 Å².